The van der Waals surface area contributed by atoms with E-state index in [1.54, 1.807) is 12.1 Å². The Labute approximate surface area is 99.0 Å². The molecule has 0 radical (unpaired) electrons. The summed E-state index contributed by atoms with van der Waals surface area (Å²) in [4.78, 5) is 0.190. The Morgan fingerprint density at radius 1 is 1.25 bits per heavy atom. The molecule has 1 aliphatic carbocycles. The molecule has 16 heavy (non-hydrogen) atoms. The fraction of sp³-hybridized carbons (Fsp3) is 0.167. The van der Waals surface area contributed by atoms with E-state index in [0.717, 1.165) is 10.8 Å². The van der Waals surface area contributed by atoms with Crippen molar-refractivity contribution in [3.8, 4) is 0 Å². The summed E-state index contributed by atoms with van der Waals surface area (Å²) in [5, 5.41) is 1.63. The second-order valence-electron chi connectivity index (χ2n) is 3.68. The molecule has 1 aromatic carbocycles. The lowest BCUT2D eigenvalue weighted by Gasteiger charge is -2.01. The highest BCUT2D eigenvalue weighted by molar-refractivity contribution is 8.13. The van der Waals surface area contributed by atoms with Gasteiger partial charge in [-0.25, -0.2) is 8.42 Å². The predicted octanol–water partition coefficient (Wildman–Crippen LogP) is 1.44. The third kappa shape index (κ3) is 2.06. The molecule has 0 aliphatic heterocycles. The molecule has 0 N–H and O–H groups in total. The molecule has 0 atom stereocenters. The first-order chi connectivity index (χ1) is 7.50. The fourth-order valence-corrected chi connectivity index (χ4v) is 2.89. The van der Waals surface area contributed by atoms with E-state index >= 15 is 0 Å². The first-order valence-corrected chi connectivity index (χ1v) is 7.22. The summed E-state index contributed by atoms with van der Waals surface area (Å²) in [5.41, 5.74) is 1.04. The molecule has 1 aromatic rings. The van der Waals surface area contributed by atoms with Gasteiger partial charge in [0.25, 0.3) is 9.05 Å². The predicted molar refractivity (Wildman–Crippen MR) is 66.2 cm³/mol. The average molecular weight is 255 g/mol. The fourth-order valence-electron chi connectivity index (χ4n) is 1.80. The molecule has 0 unspecified atom stereocenters. The van der Waals surface area contributed by atoms with E-state index in [-0.39, 0.29) is 4.90 Å². The second-order valence-corrected chi connectivity index (χ2v) is 6.21. The standard InChI is InChI=1S/C12H11ClO2S/c1-9-7-8-12(16(13,14)15)11-6-4-2-3-5-10(9)11/h2-3,5-8H,4H2,1H3. The van der Waals surface area contributed by atoms with Crippen molar-refractivity contribution in [2.24, 2.45) is 0 Å². The zero-order valence-electron chi connectivity index (χ0n) is 8.77. The van der Waals surface area contributed by atoms with Crippen molar-refractivity contribution in [3.05, 3.63) is 40.3 Å². The quantitative estimate of drug-likeness (QED) is 0.711. The van der Waals surface area contributed by atoms with Crippen LogP contribution in [0, 0.1) is 6.92 Å². The van der Waals surface area contributed by atoms with Crippen molar-refractivity contribution in [1.82, 2.24) is 0 Å². The lowest BCUT2D eigenvalue weighted by molar-refractivity contribution is 0.609. The van der Waals surface area contributed by atoms with E-state index in [2.05, 4.69) is 0 Å². The van der Waals surface area contributed by atoms with Crippen LogP contribution in [-0.4, -0.2) is 8.42 Å². The molecular formula is C12H11ClO2S. The SMILES string of the molecule is Cc1ccc(S(=O)(=O)Cl)c2c1=CC=CCC=2. The van der Waals surface area contributed by atoms with E-state index in [0.29, 0.717) is 11.6 Å². The van der Waals surface area contributed by atoms with Gasteiger partial charge >= 0.3 is 0 Å². The van der Waals surface area contributed by atoms with Crippen LogP contribution in [0.15, 0.2) is 29.2 Å². The highest BCUT2D eigenvalue weighted by Gasteiger charge is 2.13. The number of halogens is 1. The van der Waals surface area contributed by atoms with Crippen molar-refractivity contribution in [2.45, 2.75) is 18.2 Å². The number of rotatable bonds is 1. The summed E-state index contributed by atoms with van der Waals surface area (Å²) >= 11 is 0. The first-order valence-electron chi connectivity index (χ1n) is 4.91. The van der Waals surface area contributed by atoms with Crippen LogP contribution in [0.4, 0.5) is 0 Å². The number of hydrogen-bond donors (Lipinski definition) is 0. The van der Waals surface area contributed by atoms with Crippen LogP contribution in [-0.2, 0) is 9.05 Å². The number of hydrogen-bond acceptors (Lipinski definition) is 2. The Hall–Kier alpha value is -1.06. The maximum atomic E-state index is 11.4. The van der Waals surface area contributed by atoms with Crippen LogP contribution in [0.25, 0.3) is 12.2 Å². The van der Waals surface area contributed by atoms with Gasteiger partial charge in [0.1, 0.15) is 0 Å². The Balaban J connectivity index is 2.97. The second kappa shape index (κ2) is 4.07. The number of aryl methyl sites for hydroxylation is 1. The van der Waals surface area contributed by atoms with Gasteiger partial charge in [0.2, 0.25) is 0 Å². The Bertz CT molecular complexity index is 670. The molecule has 2 nitrogen and oxygen atoms in total. The molecule has 0 amide bonds. The maximum absolute atomic E-state index is 11.4. The van der Waals surface area contributed by atoms with Gasteiger partial charge in [-0.15, -0.1) is 0 Å². The molecule has 0 heterocycles. The van der Waals surface area contributed by atoms with Crippen molar-refractivity contribution < 1.29 is 8.42 Å². The van der Waals surface area contributed by atoms with E-state index < -0.39 is 9.05 Å². The van der Waals surface area contributed by atoms with Crippen LogP contribution < -0.4 is 10.4 Å². The maximum Gasteiger partial charge on any atom is 0.261 e. The van der Waals surface area contributed by atoms with Gasteiger partial charge in [-0.3, -0.25) is 0 Å². The zero-order chi connectivity index (χ0) is 11.8. The molecule has 0 saturated carbocycles. The molecule has 0 bridgehead atoms. The smallest absolute Gasteiger partial charge is 0.207 e. The Morgan fingerprint density at radius 3 is 2.69 bits per heavy atom. The van der Waals surface area contributed by atoms with Crippen molar-refractivity contribution in [3.63, 3.8) is 0 Å². The van der Waals surface area contributed by atoms with E-state index in [1.807, 2.05) is 31.2 Å². The monoisotopic (exact) mass is 254 g/mol. The first kappa shape index (κ1) is 11.4. The molecule has 2 rings (SSSR count). The summed E-state index contributed by atoms with van der Waals surface area (Å²) in [7, 11) is 1.74. The van der Waals surface area contributed by atoms with Crippen LogP contribution in [0.2, 0.25) is 0 Å². The van der Waals surface area contributed by atoms with Gasteiger partial charge < -0.3 is 0 Å². The number of allylic oxidation sites excluding steroid dienone is 2. The minimum absolute atomic E-state index is 0.190. The summed E-state index contributed by atoms with van der Waals surface area (Å²) in [6, 6.07) is 3.34. The van der Waals surface area contributed by atoms with Crippen LogP contribution in [0.1, 0.15) is 12.0 Å². The summed E-state index contributed by atoms with van der Waals surface area (Å²) in [6.45, 7) is 1.95. The zero-order valence-corrected chi connectivity index (χ0v) is 10.3. The molecular weight excluding hydrogens is 244 g/mol. The third-order valence-corrected chi connectivity index (χ3v) is 3.96. The van der Waals surface area contributed by atoms with E-state index in [9.17, 15) is 8.42 Å². The minimum atomic E-state index is -3.68. The highest BCUT2D eigenvalue weighted by Crippen LogP contribution is 2.09. The normalized spacial score (nSPS) is 14.6. The Kier molecular flexibility index (Phi) is 2.91. The van der Waals surface area contributed by atoms with Crippen LogP contribution in [0.5, 0.6) is 0 Å². The summed E-state index contributed by atoms with van der Waals surface area (Å²) in [5.74, 6) is 0. The number of fused-ring (bicyclic) bond motifs is 1. The largest absolute Gasteiger partial charge is 0.261 e. The molecule has 0 aromatic heterocycles. The van der Waals surface area contributed by atoms with Gasteiger partial charge in [-0.2, -0.15) is 0 Å². The van der Waals surface area contributed by atoms with Crippen LogP contribution >= 0.6 is 10.7 Å². The van der Waals surface area contributed by atoms with Gasteiger partial charge in [0.15, 0.2) is 0 Å². The van der Waals surface area contributed by atoms with Crippen molar-refractivity contribution in [1.29, 1.82) is 0 Å². The molecule has 4 heteroatoms. The molecule has 0 fully saturated rings. The van der Waals surface area contributed by atoms with Gasteiger partial charge in [-0.05, 0) is 35.4 Å². The third-order valence-electron chi connectivity index (χ3n) is 2.58. The lowest BCUT2D eigenvalue weighted by Crippen LogP contribution is -2.31. The van der Waals surface area contributed by atoms with Crippen molar-refractivity contribution in [2.75, 3.05) is 0 Å². The molecule has 1 aliphatic rings. The van der Waals surface area contributed by atoms with Gasteiger partial charge in [-0.1, -0.05) is 30.4 Å². The highest BCUT2D eigenvalue weighted by atomic mass is 35.7. The molecule has 0 spiro atoms. The summed E-state index contributed by atoms with van der Waals surface area (Å²) in [6.07, 6.45) is 8.42. The molecule has 84 valence electrons. The van der Waals surface area contributed by atoms with E-state index in [1.165, 1.54) is 0 Å². The lowest BCUT2D eigenvalue weighted by atomic mass is 10.1. The minimum Gasteiger partial charge on any atom is -0.207 e. The van der Waals surface area contributed by atoms with Gasteiger partial charge in [0.05, 0.1) is 4.90 Å². The number of benzene rings is 1. The van der Waals surface area contributed by atoms with E-state index in [4.69, 9.17) is 10.7 Å². The Morgan fingerprint density at radius 2 is 2.00 bits per heavy atom. The topological polar surface area (TPSA) is 34.1 Å². The van der Waals surface area contributed by atoms with Crippen LogP contribution in [0.3, 0.4) is 0 Å². The van der Waals surface area contributed by atoms with Crippen molar-refractivity contribution >= 4 is 31.9 Å². The average Bonchev–Trinajstić information content (AvgIpc) is 2.42. The summed E-state index contributed by atoms with van der Waals surface area (Å²) < 4.78 is 22.9. The molecule has 0 saturated heterocycles. The van der Waals surface area contributed by atoms with Gasteiger partial charge in [0, 0.05) is 10.7 Å².